The van der Waals surface area contributed by atoms with Gasteiger partial charge in [0.15, 0.2) is 6.61 Å². The Hall–Kier alpha value is -2.54. The van der Waals surface area contributed by atoms with Crippen LogP contribution in [-0.2, 0) is 22.6 Å². The lowest BCUT2D eigenvalue weighted by atomic mass is 10.1. The van der Waals surface area contributed by atoms with Gasteiger partial charge in [0.05, 0.1) is 11.6 Å². The molecule has 0 aromatic heterocycles. The van der Waals surface area contributed by atoms with Crippen LogP contribution in [0.5, 0.6) is 11.5 Å². The third kappa shape index (κ3) is 7.26. The van der Waals surface area contributed by atoms with Crippen molar-refractivity contribution >= 4 is 27.7 Å². The maximum atomic E-state index is 13.2. The largest absolute Gasteiger partial charge is 0.497 e. The monoisotopic (exact) mass is 504 g/mol. The second-order valence-electron chi connectivity index (χ2n) is 7.86. The second kappa shape index (κ2) is 12.5. The molecule has 0 heterocycles. The van der Waals surface area contributed by atoms with Gasteiger partial charge in [0.1, 0.15) is 17.5 Å². The minimum absolute atomic E-state index is 0.0150. The third-order valence-electron chi connectivity index (χ3n) is 5.08. The average Bonchev–Trinajstić information content (AvgIpc) is 2.77. The number of rotatable bonds is 11. The van der Waals surface area contributed by atoms with E-state index in [0.29, 0.717) is 18.7 Å². The number of amides is 2. The van der Waals surface area contributed by atoms with E-state index in [1.165, 1.54) is 5.56 Å². The summed E-state index contributed by atoms with van der Waals surface area (Å²) in [6, 6.07) is 12.7. The number of nitrogens with zero attached hydrogens (tertiary/aromatic N) is 1. The molecule has 174 valence electrons. The Morgan fingerprint density at radius 2 is 1.72 bits per heavy atom. The molecule has 0 saturated carbocycles. The number of aryl methyl sites for hydroxylation is 1. The maximum Gasteiger partial charge on any atom is 0.261 e. The zero-order chi connectivity index (χ0) is 23.7. The molecular formula is C25H33BrN2O4. The number of carbonyl (C=O) groups is 2. The first kappa shape index (κ1) is 25.7. The Kier molecular flexibility index (Phi) is 10.0. The summed E-state index contributed by atoms with van der Waals surface area (Å²) in [5, 5.41) is 2.93. The van der Waals surface area contributed by atoms with E-state index in [1.54, 1.807) is 12.0 Å². The van der Waals surface area contributed by atoms with Crippen molar-refractivity contribution in [3.05, 3.63) is 58.1 Å². The molecule has 1 N–H and O–H groups in total. The van der Waals surface area contributed by atoms with Crippen molar-refractivity contribution in [2.75, 3.05) is 13.7 Å². The molecule has 0 bridgehead atoms. The number of ether oxygens (including phenoxy) is 2. The van der Waals surface area contributed by atoms with E-state index in [4.69, 9.17) is 9.47 Å². The highest BCUT2D eigenvalue weighted by Crippen LogP contribution is 2.26. The Labute approximate surface area is 199 Å². The first-order valence-corrected chi connectivity index (χ1v) is 11.7. The summed E-state index contributed by atoms with van der Waals surface area (Å²) in [4.78, 5) is 27.7. The van der Waals surface area contributed by atoms with Crippen LogP contribution in [0, 0.1) is 0 Å². The minimum atomic E-state index is -0.596. The van der Waals surface area contributed by atoms with Crippen molar-refractivity contribution in [3.8, 4) is 11.5 Å². The molecule has 0 spiro atoms. The molecule has 0 aliphatic carbocycles. The molecule has 1 atom stereocenters. The van der Waals surface area contributed by atoms with Crippen molar-refractivity contribution in [2.45, 2.75) is 59.2 Å². The van der Waals surface area contributed by atoms with Crippen LogP contribution in [0.15, 0.2) is 46.9 Å². The molecule has 0 saturated heterocycles. The highest BCUT2D eigenvalue weighted by molar-refractivity contribution is 9.10. The van der Waals surface area contributed by atoms with E-state index in [-0.39, 0.29) is 24.5 Å². The van der Waals surface area contributed by atoms with Gasteiger partial charge in [0.2, 0.25) is 5.91 Å². The number of halogens is 1. The first-order valence-electron chi connectivity index (χ1n) is 10.9. The Morgan fingerprint density at radius 3 is 2.25 bits per heavy atom. The summed E-state index contributed by atoms with van der Waals surface area (Å²) in [7, 11) is 1.61. The van der Waals surface area contributed by atoms with E-state index >= 15 is 0 Å². The lowest BCUT2D eigenvalue weighted by molar-refractivity contribution is -0.143. The van der Waals surface area contributed by atoms with Crippen molar-refractivity contribution in [2.24, 2.45) is 0 Å². The van der Waals surface area contributed by atoms with Crippen molar-refractivity contribution in [1.82, 2.24) is 10.2 Å². The smallest absolute Gasteiger partial charge is 0.261 e. The second-order valence-corrected chi connectivity index (χ2v) is 8.72. The lowest BCUT2D eigenvalue weighted by Crippen LogP contribution is -2.51. The standard InChI is InChI=1S/C25H33BrN2O4/c1-6-18-10-13-23(21(26)14-18)32-16-24(29)28(22(7-2)25(30)27-17(3)4)15-19-8-11-20(31-5)12-9-19/h8-14,17,22H,6-7,15-16H2,1-5H3,(H,27,30)/t22-/m0/s1. The van der Waals surface area contributed by atoms with Gasteiger partial charge >= 0.3 is 0 Å². The van der Waals surface area contributed by atoms with Crippen molar-refractivity contribution in [3.63, 3.8) is 0 Å². The summed E-state index contributed by atoms with van der Waals surface area (Å²) in [6.45, 7) is 7.93. The topological polar surface area (TPSA) is 67.9 Å². The van der Waals surface area contributed by atoms with Crippen molar-refractivity contribution < 1.29 is 19.1 Å². The molecular weight excluding hydrogens is 472 g/mol. The molecule has 0 radical (unpaired) electrons. The Morgan fingerprint density at radius 1 is 1.06 bits per heavy atom. The van der Waals surface area contributed by atoms with Gasteiger partial charge in [-0.25, -0.2) is 0 Å². The van der Waals surface area contributed by atoms with Gasteiger partial charge in [-0.3, -0.25) is 9.59 Å². The van der Waals surface area contributed by atoms with Crippen LogP contribution in [-0.4, -0.2) is 42.5 Å². The lowest BCUT2D eigenvalue weighted by Gasteiger charge is -2.31. The zero-order valence-electron chi connectivity index (χ0n) is 19.5. The number of carbonyl (C=O) groups excluding carboxylic acids is 2. The van der Waals surface area contributed by atoms with Gasteiger partial charge in [0, 0.05) is 12.6 Å². The van der Waals surface area contributed by atoms with Crippen LogP contribution >= 0.6 is 15.9 Å². The summed E-state index contributed by atoms with van der Waals surface area (Å²) in [6.07, 6.45) is 1.41. The molecule has 2 aromatic carbocycles. The summed E-state index contributed by atoms with van der Waals surface area (Å²) in [5.74, 6) is 0.912. The van der Waals surface area contributed by atoms with E-state index in [2.05, 4.69) is 28.2 Å². The van der Waals surface area contributed by atoms with Crippen LogP contribution in [0.3, 0.4) is 0 Å². The van der Waals surface area contributed by atoms with Gasteiger partial charge in [-0.1, -0.05) is 32.0 Å². The fraction of sp³-hybridized carbons (Fsp3) is 0.440. The van der Waals surface area contributed by atoms with Crippen LogP contribution in [0.1, 0.15) is 45.2 Å². The molecule has 6 nitrogen and oxygen atoms in total. The molecule has 2 aromatic rings. The predicted molar refractivity (Wildman–Crippen MR) is 130 cm³/mol. The SMILES string of the molecule is CCc1ccc(OCC(=O)N(Cc2ccc(OC)cc2)[C@@H](CC)C(=O)NC(C)C)c(Br)c1. The quantitative estimate of drug-likeness (QED) is 0.480. The van der Waals surface area contributed by atoms with Crippen LogP contribution in [0.4, 0.5) is 0 Å². The Balaban J connectivity index is 2.22. The van der Waals surface area contributed by atoms with E-state index < -0.39 is 6.04 Å². The van der Waals surface area contributed by atoms with Crippen LogP contribution in [0.2, 0.25) is 0 Å². The van der Waals surface area contributed by atoms with Crippen LogP contribution < -0.4 is 14.8 Å². The molecule has 0 fully saturated rings. The van der Waals surface area contributed by atoms with Gasteiger partial charge in [-0.15, -0.1) is 0 Å². The van der Waals surface area contributed by atoms with E-state index in [0.717, 1.165) is 22.2 Å². The van der Waals surface area contributed by atoms with Crippen molar-refractivity contribution in [1.29, 1.82) is 0 Å². The molecule has 0 aliphatic heterocycles. The van der Waals surface area contributed by atoms with Gasteiger partial charge in [-0.05, 0) is 78.0 Å². The highest BCUT2D eigenvalue weighted by Gasteiger charge is 2.29. The fourth-order valence-electron chi connectivity index (χ4n) is 3.33. The number of nitrogens with one attached hydrogen (secondary N) is 1. The maximum absolute atomic E-state index is 13.2. The van der Waals surface area contributed by atoms with Gasteiger partial charge in [0.25, 0.3) is 5.91 Å². The van der Waals surface area contributed by atoms with Gasteiger partial charge in [-0.2, -0.15) is 0 Å². The third-order valence-corrected chi connectivity index (χ3v) is 5.70. The zero-order valence-corrected chi connectivity index (χ0v) is 21.1. The van der Waals surface area contributed by atoms with E-state index in [9.17, 15) is 9.59 Å². The summed E-state index contributed by atoms with van der Waals surface area (Å²) < 4.78 is 11.8. The summed E-state index contributed by atoms with van der Waals surface area (Å²) >= 11 is 3.51. The van der Waals surface area contributed by atoms with Crippen LogP contribution in [0.25, 0.3) is 0 Å². The predicted octanol–water partition coefficient (Wildman–Crippen LogP) is 4.73. The average molecular weight is 505 g/mol. The minimum Gasteiger partial charge on any atom is -0.497 e. The molecule has 7 heteroatoms. The normalized spacial score (nSPS) is 11.7. The number of hydrogen-bond acceptors (Lipinski definition) is 4. The number of benzene rings is 2. The molecule has 32 heavy (non-hydrogen) atoms. The van der Waals surface area contributed by atoms with Gasteiger partial charge < -0.3 is 19.7 Å². The number of methoxy groups -OCH3 is 1. The molecule has 2 rings (SSSR count). The molecule has 0 aliphatic rings. The first-order chi connectivity index (χ1) is 15.3. The molecule has 0 unspecified atom stereocenters. The Bertz CT molecular complexity index is 899. The fourth-order valence-corrected chi connectivity index (χ4v) is 3.87. The highest BCUT2D eigenvalue weighted by atomic mass is 79.9. The van der Waals surface area contributed by atoms with E-state index in [1.807, 2.05) is 63.2 Å². The molecule has 2 amide bonds. The number of hydrogen-bond donors (Lipinski definition) is 1. The summed E-state index contributed by atoms with van der Waals surface area (Å²) in [5.41, 5.74) is 2.08.